The van der Waals surface area contributed by atoms with E-state index in [1.54, 1.807) is 0 Å². The van der Waals surface area contributed by atoms with E-state index in [2.05, 4.69) is 19.9 Å². The molecule has 156 valence electrons. The quantitative estimate of drug-likeness (QED) is 0.747. The molecule has 1 aliphatic rings. The van der Waals surface area contributed by atoms with Gasteiger partial charge < -0.3 is 4.98 Å². The van der Waals surface area contributed by atoms with E-state index in [1.165, 1.54) is 0 Å². The fourth-order valence-corrected chi connectivity index (χ4v) is 2.78. The van der Waals surface area contributed by atoms with Crippen molar-refractivity contribution in [2.24, 2.45) is 0 Å². The van der Waals surface area contributed by atoms with E-state index in [0.29, 0.717) is 0 Å². The molecule has 2 aromatic heterocycles. The first-order valence-corrected chi connectivity index (χ1v) is 7.27. The van der Waals surface area contributed by atoms with Gasteiger partial charge in [0, 0.05) is 12.8 Å². The maximum Gasteiger partial charge on any atom is 0.384 e. The van der Waals surface area contributed by atoms with Gasteiger partial charge in [-0.25, -0.2) is 19.3 Å². The standard InChI is InChI=1S/C13H7F11N4/c14-8(2-1-6-25-3-5-7(28-6)27-4-26-5)9(15,16)11(19,20)13(23,24)12(21,22)10(8,17)18/h3-4H,1-2H2,(H,25,26,27,28). The van der Waals surface area contributed by atoms with Gasteiger partial charge in [0.05, 0.1) is 12.5 Å². The lowest BCUT2D eigenvalue weighted by Gasteiger charge is -2.52. The minimum atomic E-state index is -7.22. The summed E-state index contributed by atoms with van der Waals surface area (Å²) in [5.41, 5.74) is -6.01. The largest absolute Gasteiger partial charge is 0.384 e. The van der Waals surface area contributed by atoms with E-state index in [9.17, 15) is 48.3 Å². The fraction of sp³-hybridized carbons (Fsp3) is 0.615. The molecule has 3 rings (SSSR count). The topological polar surface area (TPSA) is 54.5 Å². The highest BCUT2D eigenvalue weighted by atomic mass is 19.4. The Hall–Kier alpha value is -2.22. The number of hydrogen-bond donors (Lipinski definition) is 1. The molecule has 2 aromatic rings. The number of nitrogens with zero attached hydrogens (tertiary/aromatic N) is 3. The minimum absolute atomic E-state index is 0.151. The van der Waals surface area contributed by atoms with Crippen molar-refractivity contribution in [3.63, 3.8) is 0 Å². The molecule has 1 fully saturated rings. The molecule has 0 aromatic carbocycles. The molecule has 0 saturated heterocycles. The molecule has 0 amide bonds. The summed E-state index contributed by atoms with van der Waals surface area (Å²) >= 11 is 0. The maximum absolute atomic E-state index is 14.5. The molecule has 4 nitrogen and oxygen atoms in total. The molecular weight excluding hydrogens is 421 g/mol. The molecular formula is C13H7F11N4. The summed E-state index contributed by atoms with van der Waals surface area (Å²) in [4.78, 5) is 13.0. The van der Waals surface area contributed by atoms with Gasteiger partial charge in [0.25, 0.3) is 0 Å². The highest BCUT2D eigenvalue weighted by Gasteiger charge is 3.00. The number of alkyl halides is 11. The van der Waals surface area contributed by atoms with Gasteiger partial charge in [0.1, 0.15) is 11.3 Å². The molecule has 0 radical (unpaired) electrons. The van der Waals surface area contributed by atoms with Gasteiger partial charge in [-0.2, -0.15) is 43.9 Å². The van der Waals surface area contributed by atoms with Crippen molar-refractivity contribution in [2.75, 3.05) is 0 Å². The van der Waals surface area contributed by atoms with Gasteiger partial charge in [-0.3, -0.25) is 0 Å². The zero-order chi connectivity index (χ0) is 21.4. The van der Waals surface area contributed by atoms with E-state index in [1.807, 2.05) is 0 Å². The van der Waals surface area contributed by atoms with Crippen LogP contribution in [-0.4, -0.2) is 55.2 Å². The molecule has 0 spiro atoms. The van der Waals surface area contributed by atoms with Gasteiger partial charge >= 0.3 is 29.6 Å². The van der Waals surface area contributed by atoms with Crippen molar-refractivity contribution in [3.05, 3.63) is 18.3 Å². The van der Waals surface area contributed by atoms with Crippen LogP contribution in [0.2, 0.25) is 0 Å². The average molecular weight is 428 g/mol. The van der Waals surface area contributed by atoms with Crippen LogP contribution in [0.4, 0.5) is 48.3 Å². The highest BCUT2D eigenvalue weighted by molar-refractivity contribution is 5.68. The van der Waals surface area contributed by atoms with Gasteiger partial charge in [-0.1, -0.05) is 0 Å². The lowest BCUT2D eigenvalue weighted by molar-refractivity contribution is -0.485. The third-order valence-electron chi connectivity index (χ3n) is 4.49. The van der Waals surface area contributed by atoms with Crippen LogP contribution in [0.5, 0.6) is 0 Å². The minimum Gasteiger partial charge on any atom is -0.342 e. The number of aromatic nitrogens is 4. The Morgan fingerprint density at radius 3 is 1.75 bits per heavy atom. The highest BCUT2D eigenvalue weighted by Crippen LogP contribution is 2.70. The number of rotatable bonds is 3. The predicted molar refractivity (Wildman–Crippen MR) is 68.6 cm³/mol. The Morgan fingerprint density at radius 2 is 1.21 bits per heavy atom. The van der Waals surface area contributed by atoms with E-state index in [4.69, 9.17) is 0 Å². The number of aryl methyl sites for hydroxylation is 1. The Morgan fingerprint density at radius 1 is 0.714 bits per heavy atom. The monoisotopic (exact) mass is 428 g/mol. The van der Waals surface area contributed by atoms with Crippen molar-refractivity contribution in [2.45, 2.75) is 48.1 Å². The summed E-state index contributed by atoms with van der Waals surface area (Å²) in [5, 5.41) is 0. The Bertz CT molecular complexity index is 877. The summed E-state index contributed by atoms with van der Waals surface area (Å²) in [5.74, 6) is -35.8. The number of aromatic amines is 1. The predicted octanol–water partition coefficient (Wildman–Crippen LogP) is 4.18. The van der Waals surface area contributed by atoms with Crippen molar-refractivity contribution >= 4 is 11.2 Å². The molecule has 0 atom stereocenters. The number of hydrogen-bond acceptors (Lipinski definition) is 3. The van der Waals surface area contributed by atoms with Crippen LogP contribution < -0.4 is 0 Å². The molecule has 2 heterocycles. The Balaban J connectivity index is 2.05. The smallest absolute Gasteiger partial charge is 0.342 e. The Kier molecular flexibility index (Phi) is 3.98. The molecule has 28 heavy (non-hydrogen) atoms. The van der Waals surface area contributed by atoms with Crippen molar-refractivity contribution in [1.82, 2.24) is 19.9 Å². The lowest BCUT2D eigenvalue weighted by Crippen LogP contribution is -2.83. The second-order valence-electron chi connectivity index (χ2n) is 6.10. The third kappa shape index (κ3) is 2.09. The first-order chi connectivity index (χ1) is 12.5. The van der Waals surface area contributed by atoms with Gasteiger partial charge in [-0.15, -0.1) is 0 Å². The molecule has 0 unspecified atom stereocenters. The number of H-pyrrole nitrogens is 1. The lowest BCUT2D eigenvalue weighted by atomic mass is 9.70. The molecule has 1 N–H and O–H groups in total. The van der Waals surface area contributed by atoms with Crippen LogP contribution in [0.15, 0.2) is 12.5 Å². The van der Waals surface area contributed by atoms with Crippen LogP contribution in [0.25, 0.3) is 11.2 Å². The first kappa shape index (κ1) is 20.5. The van der Waals surface area contributed by atoms with E-state index in [0.717, 1.165) is 12.5 Å². The number of imidazole rings is 1. The van der Waals surface area contributed by atoms with E-state index >= 15 is 0 Å². The van der Waals surface area contributed by atoms with Gasteiger partial charge in [-0.05, 0) is 0 Å². The first-order valence-electron chi connectivity index (χ1n) is 7.27. The molecule has 0 bridgehead atoms. The summed E-state index contributed by atoms with van der Waals surface area (Å²) in [6.45, 7) is 0. The van der Waals surface area contributed by atoms with Crippen LogP contribution >= 0.6 is 0 Å². The second kappa shape index (κ2) is 5.43. The maximum atomic E-state index is 14.5. The molecule has 15 heteroatoms. The van der Waals surface area contributed by atoms with Crippen LogP contribution in [0.1, 0.15) is 12.2 Å². The summed E-state index contributed by atoms with van der Waals surface area (Å²) < 4.78 is 150. The van der Waals surface area contributed by atoms with Crippen LogP contribution in [0.3, 0.4) is 0 Å². The number of nitrogens with one attached hydrogen (secondary N) is 1. The molecule has 1 aliphatic carbocycles. The second-order valence-corrected chi connectivity index (χ2v) is 6.10. The summed E-state index contributed by atoms with van der Waals surface area (Å²) in [6.07, 6.45) is -1.73. The van der Waals surface area contributed by atoms with E-state index in [-0.39, 0.29) is 11.2 Å². The SMILES string of the molecule is FC1(F)C(F)(F)C(F)(F)C(F)(CCc2ncc3[nH]cnc3n2)C(F)(F)C1(F)F. The fourth-order valence-electron chi connectivity index (χ4n) is 2.78. The number of fused-ring (bicyclic) bond motifs is 1. The van der Waals surface area contributed by atoms with Crippen molar-refractivity contribution in [1.29, 1.82) is 0 Å². The summed E-state index contributed by atoms with van der Waals surface area (Å²) in [6, 6.07) is 0. The molecule has 1 saturated carbocycles. The van der Waals surface area contributed by atoms with Crippen LogP contribution in [0, 0.1) is 0 Å². The van der Waals surface area contributed by atoms with Crippen molar-refractivity contribution in [3.8, 4) is 0 Å². The van der Waals surface area contributed by atoms with Gasteiger partial charge in [0.15, 0.2) is 5.65 Å². The molecule has 0 aliphatic heterocycles. The van der Waals surface area contributed by atoms with Gasteiger partial charge in [0.2, 0.25) is 5.67 Å². The van der Waals surface area contributed by atoms with Crippen LogP contribution in [-0.2, 0) is 6.42 Å². The zero-order valence-corrected chi connectivity index (χ0v) is 13.1. The zero-order valence-electron chi connectivity index (χ0n) is 13.1. The van der Waals surface area contributed by atoms with E-state index < -0.39 is 53.9 Å². The summed E-state index contributed by atoms with van der Waals surface area (Å²) in [7, 11) is 0. The number of halogens is 11. The average Bonchev–Trinajstić information content (AvgIpc) is 3.05. The van der Waals surface area contributed by atoms with Crippen molar-refractivity contribution < 1.29 is 48.3 Å². The third-order valence-corrected chi connectivity index (χ3v) is 4.49. The normalized spacial score (nSPS) is 26.2. The Labute approximate surface area is 147 Å².